The molecular formula is C12H25N3O3. The first-order chi connectivity index (χ1) is 8.65. The molecule has 18 heavy (non-hydrogen) atoms. The Kier molecular flexibility index (Phi) is 7.19. The summed E-state index contributed by atoms with van der Waals surface area (Å²) in [6.07, 6.45) is 1.01. The number of hydrogen-bond acceptors (Lipinski definition) is 5. The molecule has 106 valence electrons. The van der Waals surface area contributed by atoms with Crippen LogP contribution in [-0.4, -0.2) is 69.5 Å². The van der Waals surface area contributed by atoms with Gasteiger partial charge in [0.15, 0.2) is 0 Å². The molecule has 0 spiro atoms. The zero-order chi connectivity index (χ0) is 13.4. The van der Waals surface area contributed by atoms with Crippen molar-refractivity contribution >= 4 is 5.91 Å². The quantitative estimate of drug-likeness (QED) is 0.585. The smallest absolute Gasteiger partial charge is 0.234 e. The Morgan fingerprint density at radius 2 is 2.33 bits per heavy atom. The van der Waals surface area contributed by atoms with Gasteiger partial charge in [-0.2, -0.15) is 0 Å². The second kappa shape index (κ2) is 8.42. The van der Waals surface area contributed by atoms with Crippen LogP contribution in [0.4, 0.5) is 0 Å². The summed E-state index contributed by atoms with van der Waals surface area (Å²) in [6.45, 7) is 5.75. The van der Waals surface area contributed by atoms with E-state index < -0.39 is 0 Å². The summed E-state index contributed by atoms with van der Waals surface area (Å²) in [4.78, 5) is 13.8. The number of nitrogens with zero attached hydrogens (tertiary/aromatic N) is 1. The van der Waals surface area contributed by atoms with E-state index in [1.54, 1.807) is 7.11 Å². The van der Waals surface area contributed by atoms with Crippen molar-refractivity contribution in [3.63, 3.8) is 0 Å². The number of ether oxygens (including phenoxy) is 2. The highest BCUT2D eigenvalue weighted by atomic mass is 16.5. The third kappa shape index (κ3) is 5.77. The van der Waals surface area contributed by atoms with Crippen LogP contribution >= 0.6 is 0 Å². The molecule has 1 aliphatic rings. The first-order valence-corrected chi connectivity index (χ1v) is 6.49. The molecule has 0 radical (unpaired) electrons. The van der Waals surface area contributed by atoms with Gasteiger partial charge in [-0.05, 0) is 13.3 Å². The fourth-order valence-corrected chi connectivity index (χ4v) is 2.10. The Morgan fingerprint density at radius 3 is 3.00 bits per heavy atom. The molecule has 1 heterocycles. The SMILES string of the molecule is COCCCNC(=O)CN1CC(C)OC(CN)C1. The lowest BCUT2D eigenvalue weighted by Gasteiger charge is -2.35. The van der Waals surface area contributed by atoms with Gasteiger partial charge in [-0.15, -0.1) is 0 Å². The zero-order valence-corrected chi connectivity index (χ0v) is 11.4. The first-order valence-electron chi connectivity index (χ1n) is 6.49. The van der Waals surface area contributed by atoms with Crippen LogP contribution in [-0.2, 0) is 14.3 Å². The zero-order valence-electron chi connectivity index (χ0n) is 11.4. The van der Waals surface area contributed by atoms with Crippen molar-refractivity contribution in [2.45, 2.75) is 25.6 Å². The van der Waals surface area contributed by atoms with Crippen LogP contribution in [0.2, 0.25) is 0 Å². The molecule has 3 N–H and O–H groups in total. The van der Waals surface area contributed by atoms with Crippen LogP contribution in [0.5, 0.6) is 0 Å². The molecule has 2 unspecified atom stereocenters. The minimum absolute atomic E-state index is 0.0371. The predicted molar refractivity (Wildman–Crippen MR) is 69.3 cm³/mol. The van der Waals surface area contributed by atoms with Crippen LogP contribution < -0.4 is 11.1 Å². The number of amides is 1. The Morgan fingerprint density at radius 1 is 1.56 bits per heavy atom. The Labute approximate surface area is 109 Å². The molecule has 1 saturated heterocycles. The molecule has 0 bridgehead atoms. The average Bonchev–Trinajstić information content (AvgIpc) is 2.34. The van der Waals surface area contributed by atoms with Gasteiger partial charge in [0.25, 0.3) is 0 Å². The van der Waals surface area contributed by atoms with E-state index in [2.05, 4.69) is 10.2 Å². The predicted octanol–water partition coefficient (Wildman–Crippen LogP) is -0.813. The Balaban J connectivity index is 2.21. The molecule has 6 heteroatoms. The molecule has 1 fully saturated rings. The van der Waals surface area contributed by atoms with Gasteiger partial charge in [-0.3, -0.25) is 9.69 Å². The van der Waals surface area contributed by atoms with Gasteiger partial charge in [0.05, 0.1) is 18.8 Å². The largest absolute Gasteiger partial charge is 0.385 e. The number of nitrogens with one attached hydrogen (secondary N) is 1. The first kappa shape index (κ1) is 15.4. The summed E-state index contributed by atoms with van der Waals surface area (Å²) < 4.78 is 10.6. The van der Waals surface area contributed by atoms with E-state index in [1.807, 2.05) is 6.92 Å². The number of rotatable bonds is 7. The van der Waals surface area contributed by atoms with E-state index in [-0.39, 0.29) is 18.1 Å². The van der Waals surface area contributed by atoms with Crippen molar-refractivity contribution in [1.82, 2.24) is 10.2 Å². The van der Waals surface area contributed by atoms with Crippen LogP contribution in [0.3, 0.4) is 0 Å². The third-order valence-electron chi connectivity index (χ3n) is 2.88. The van der Waals surface area contributed by atoms with E-state index >= 15 is 0 Å². The fraction of sp³-hybridized carbons (Fsp3) is 0.917. The van der Waals surface area contributed by atoms with Crippen molar-refractivity contribution in [3.8, 4) is 0 Å². The van der Waals surface area contributed by atoms with Crippen LogP contribution in [0.15, 0.2) is 0 Å². The summed E-state index contributed by atoms with van der Waals surface area (Å²) in [5, 5.41) is 2.88. The van der Waals surface area contributed by atoms with Gasteiger partial charge in [0, 0.05) is 39.9 Å². The highest BCUT2D eigenvalue weighted by molar-refractivity contribution is 5.77. The molecule has 0 aromatic carbocycles. The van der Waals surface area contributed by atoms with E-state index in [9.17, 15) is 4.79 Å². The van der Waals surface area contributed by atoms with Crippen molar-refractivity contribution < 1.29 is 14.3 Å². The lowest BCUT2D eigenvalue weighted by molar-refractivity contribution is -0.126. The number of hydrogen-bond donors (Lipinski definition) is 2. The molecule has 0 saturated carbocycles. The normalized spacial score (nSPS) is 25.1. The van der Waals surface area contributed by atoms with Gasteiger partial charge in [0.1, 0.15) is 0 Å². The monoisotopic (exact) mass is 259 g/mol. The van der Waals surface area contributed by atoms with Crippen molar-refractivity contribution in [2.24, 2.45) is 5.73 Å². The average molecular weight is 259 g/mol. The maximum atomic E-state index is 11.7. The number of nitrogens with two attached hydrogens (primary N) is 1. The Bertz CT molecular complexity index is 251. The summed E-state index contributed by atoms with van der Waals surface area (Å²) in [5.41, 5.74) is 5.61. The minimum Gasteiger partial charge on any atom is -0.385 e. The molecule has 1 amide bonds. The third-order valence-corrected chi connectivity index (χ3v) is 2.88. The maximum Gasteiger partial charge on any atom is 0.234 e. The van der Waals surface area contributed by atoms with Crippen LogP contribution in [0.1, 0.15) is 13.3 Å². The number of morpholine rings is 1. The second-order valence-electron chi connectivity index (χ2n) is 4.69. The molecular weight excluding hydrogens is 234 g/mol. The summed E-state index contributed by atoms with van der Waals surface area (Å²) >= 11 is 0. The van der Waals surface area contributed by atoms with E-state index in [1.165, 1.54) is 0 Å². The van der Waals surface area contributed by atoms with Gasteiger partial charge >= 0.3 is 0 Å². The van der Waals surface area contributed by atoms with Gasteiger partial charge < -0.3 is 20.5 Å². The maximum absolute atomic E-state index is 11.7. The molecule has 0 aromatic heterocycles. The fourth-order valence-electron chi connectivity index (χ4n) is 2.10. The van der Waals surface area contributed by atoms with Gasteiger partial charge in [0.2, 0.25) is 5.91 Å². The molecule has 1 rings (SSSR count). The molecule has 0 aromatic rings. The molecule has 1 aliphatic heterocycles. The lowest BCUT2D eigenvalue weighted by atomic mass is 10.2. The van der Waals surface area contributed by atoms with Crippen LogP contribution in [0, 0.1) is 0 Å². The molecule has 2 atom stereocenters. The van der Waals surface area contributed by atoms with Crippen molar-refractivity contribution in [3.05, 3.63) is 0 Å². The van der Waals surface area contributed by atoms with Crippen molar-refractivity contribution in [2.75, 3.05) is 46.4 Å². The number of carbonyl (C=O) groups excluding carboxylic acids is 1. The molecule has 6 nitrogen and oxygen atoms in total. The van der Waals surface area contributed by atoms with Gasteiger partial charge in [-0.1, -0.05) is 0 Å². The Hall–Kier alpha value is -0.690. The van der Waals surface area contributed by atoms with E-state index in [4.69, 9.17) is 15.2 Å². The minimum atomic E-state index is 0.0371. The van der Waals surface area contributed by atoms with Crippen LogP contribution in [0.25, 0.3) is 0 Å². The molecule has 0 aliphatic carbocycles. The number of carbonyl (C=O) groups is 1. The number of methoxy groups -OCH3 is 1. The van der Waals surface area contributed by atoms with E-state index in [0.717, 1.165) is 19.5 Å². The van der Waals surface area contributed by atoms with E-state index in [0.29, 0.717) is 26.2 Å². The standard InChI is InChI=1S/C12H25N3O3/c1-10-7-15(8-11(6-13)18-10)9-12(16)14-4-3-5-17-2/h10-11H,3-9,13H2,1-2H3,(H,14,16). The second-order valence-corrected chi connectivity index (χ2v) is 4.69. The lowest BCUT2D eigenvalue weighted by Crippen LogP contribution is -2.51. The topological polar surface area (TPSA) is 76.8 Å². The van der Waals surface area contributed by atoms with Gasteiger partial charge in [-0.25, -0.2) is 0 Å². The highest BCUT2D eigenvalue weighted by Gasteiger charge is 2.25. The highest BCUT2D eigenvalue weighted by Crippen LogP contribution is 2.09. The summed E-state index contributed by atoms with van der Waals surface area (Å²) in [6, 6.07) is 0. The summed E-state index contributed by atoms with van der Waals surface area (Å²) in [5.74, 6) is 0.0518. The van der Waals surface area contributed by atoms with Crippen molar-refractivity contribution in [1.29, 1.82) is 0 Å². The summed E-state index contributed by atoms with van der Waals surface area (Å²) in [7, 11) is 1.66.